The van der Waals surface area contributed by atoms with Crippen LogP contribution in [0.3, 0.4) is 0 Å². The predicted molar refractivity (Wildman–Crippen MR) is 69.1 cm³/mol. The normalized spacial score (nSPS) is 25.7. The van der Waals surface area contributed by atoms with Gasteiger partial charge in [0.05, 0.1) is 18.8 Å². The summed E-state index contributed by atoms with van der Waals surface area (Å²) in [6, 6.07) is 3.56. The third-order valence-electron chi connectivity index (χ3n) is 3.57. The minimum absolute atomic E-state index is 0.172. The second kappa shape index (κ2) is 5.65. The van der Waals surface area contributed by atoms with E-state index in [2.05, 4.69) is 17.3 Å². The summed E-state index contributed by atoms with van der Waals surface area (Å²) in [5, 5.41) is 0. The second-order valence-electron chi connectivity index (χ2n) is 4.81. The maximum atomic E-state index is 5.93. The zero-order valence-electron chi connectivity index (χ0n) is 11.0. The van der Waals surface area contributed by atoms with E-state index in [4.69, 9.17) is 15.3 Å². The van der Waals surface area contributed by atoms with Gasteiger partial charge in [-0.25, -0.2) is 5.43 Å². The molecular formula is C13H21N3O2. The molecule has 18 heavy (non-hydrogen) atoms. The summed E-state index contributed by atoms with van der Waals surface area (Å²) < 4.78 is 11.3. The second-order valence-corrected chi connectivity index (χ2v) is 4.81. The Morgan fingerprint density at radius 2 is 2.39 bits per heavy atom. The largest absolute Gasteiger partial charge is 0.495 e. The van der Waals surface area contributed by atoms with Crippen LogP contribution in [0, 0.1) is 0 Å². The van der Waals surface area contributed by atoms with Gasteiger partial charge in [0.15, 0.2) is 0 Å². The van der Waals surface area contributed by atoms with Gasteiger partial charge in [0.25, 0.3) is 0 Å². The van der Waals surface area contributed by atoms with Crippen molar-refractivity contribution in [2.45, 2.75) is 37.8 Å². The Balaban J connectivity index is 2.32. The van der Waals surface area contributed by atoms with E-state index in [-0.39, 0.29) is 11.6 Å². The number of pyridine rings is 1. The van der Waals surface area contributed by atoms with E-state index in [1.807, 2.05) is 12.1 Å². The van der Waals surface area contributed by atoms with Gasteiger partial charge in [-0.15, -0.1) is 0 Å². The minimum Gasteiger partial charge on any atom is -0.495 e. The standard InChI is InChI=1S/C13H21N3O2/c1-13(7-3-4-9-18-13)12(16-14)11-10(17-2)6-5-8-15-11/h5-6,8,12,16H,3-4,7,9,14H2,1-2H3. The van der Waals surface area contributed by atoms with Gasteiger partial charge in [0.1, 0.15) is 11.4 Å². The van der Waals surface area contributed by atoms with Gasteiger partial charge >= 0.3 is 0 Å². The molecule has 2 atom stereocenters. The topological polar surface area (TPSA) is 69.4 Å². The van der Waals surface area contributed by atoms with Crippen LogP contribution in [0.25, 0.3) is 0 Å². The average Bonchev–Trinajstić information content (AvgIpc) is 2.40. The first-order chi connectivity index (χ1) is 8.71. The third kappa shape index (κ3) is 2.48. The molecule has 1 aromatic rings. The Morgan fingerprint density at radius 3 is 3.00 bits per heavy atom. The quantitative estimate of drug-likeness (QED) is 0.627. The first kappa shape index (κ1) is 13.3. The molecule has 1 saturated heterocycles. The maximum absolute atomic E-state index is 5.93. The van der Waals surface area contributed by atoms with Gasteiger partial charge in [-0.3, -0.25) is 10.8 Å². The monoisotopic (exact) mass is 251 g/mol. The van der Waals surface area contributed by atoms with Gasteiger partial charge in [0, 0.05) is 12.8 Å². The van der Waals surface area contributed by atoms with E-state index in [9.17, 15) is 0 Å². The summed E-state index contributed by atoms with van der Waals surface area (Å²) in [6.45, 7) is 2.84. The van der Waals surface area contributed by atoms with Crippen LogP contribution in [-0.2, 0) is 4.74 Å². The Kier molecular flexibility index (Phi) is 4.16. The molecule has 0 spiro atoms. The average molecular weight is 251 g/mol. The van der Waals surface area contributed by atoms with E-state index < -0.39 is 0 Å². The zero-order chi connectivity index (χ0) is 13.0. The fourth-order valence-electron chi connectivity index (χ4n) is 2.52. The van der Waals surface area contributed by atoms with Crippen LogP contribution in [0.4, 0.5) is 0 Å². The van der Waals surface area contributed by atoms with Crippen molar-refractivity contribution in [3.8, 4) is 5.75 Å². The molecule has 2 unspecified atom stereocenters. The van der Waals surface area contributed by atoms with Gasteiger partial charge in [-0.2, -0.15) is 0 Å². The number of hydrogen-bond acceptors (Lipinski definition) is 5. The van der Waals surface area contributed by atoms with Crippen molar-refractivity contribution in [2.75, 3.05) is 13.7 Å². The molecule has 1 aromatic heterocycles. The fourth-order valence-corrected chi connectivity index (χ4v) is 2.52. The van der Waals surface area contributed by atoms with Gasteiger partial charge in [-0.05, 0) is 38.3 Å². The van der Waals surface area contributed by atoms with Crippen LogP contribution in [0.15, 0.2) is 18.3 Å². The molecule has 0 saturated carbocycles. The van der Waals surface area contributed by atoms with Gasteiger partial charge in [0.2, 0.25) is 0 Å². The van der Waals surface area contributed by atoms with Gasteiger partial charge in [-0.1, -0.05) is 0 Å². The number of aromatic nitrogens is 1. The summed E-state index contributed by atoms with van der Waals surface area (Å²) in [5.41, 5.74) is 3.30. The molecule has 2 heterocycles. The molecule has 0 aliphatic carbocycles. The Labute approximate surface area is 108 Å². The lowest BCUT2D eigenvalue weighted by Gasteiger charge is -2.40. The van der Waals surface area contributed by atoms with E-state index in [0.717, 1.165) is 37.3 Å². The highest BCUT2D eigenvalue weighted by molar-refractivity contribution is 5.31. The molecular weight excluding hydrogens is 230 g/mol. The van der Waals surface area contributed by atoms with Crippen LogP contribution >= 0.6 is 0 Å². The fraction of sp³-hybridized carbons (Fsp3) is 0.615. The number of nitrogens with zero attached hydrogens (tertiary/aromatic N) is 1. The highest BCUT2D eigenvalue weighted by Gasteiger charge is 2.39. The molecule has 1 aliphatic heterocycles. The van der Waals surface area contributed by atoms with E-state index in [0.29, 0.717) is 0 Å². The lowest BCUT2D eigenvalue weighted by Crippen LogP contribution is -2.48. The summed E-state index contributed by atoms with van der Waals surface area (Å²) in [7, 11) is 1.64. The van der Waals surface area contributed by atoms with Crippen molar-refractivity contribution in [1.29, 1.82) is 0 Å². The SMILES string of the molecule is COc1cccnc1C(NN)C1(C)CCCCO1. The molecule has 3 N–H and O–H groups in total. The van der Waals surface area contributed by atoms with Crippen molar-refractivity contribution in [3.63, 3.8) is 0 Å². The molecule has 1 fully saturated rings. The highest BCUT2D eigenvalue weighted by atomic mass is 16.5. The number of hydrazine groups is 1. The van der Waals surface area contributed by atoms with Crippen LogP contribution in [0.5, 0.6) is 5.75 Å². The molecule has 5 heteroatoms. The molecule has 0 aromatic carbocycles. The summed E-state index contributed by atoms with van der Waals surface area (Å²) in [6.07, 6.45) is 4.95. The summed E-state index contributed by atoms with van der Waals surface area (Å²) in [5.74, 6) is 6.45. The minimum atomic E-state index is -0.339. The number of nitrogens with two attached hydrogens (primary N) is 1. The van der Waals surface area contributed by atoms with E-state index >= 15 is 0 Å². The predicted octanol–water partition coefficient (Wildman–Crippen LogP) is 1.55. The summed E-state index contributed by atoms with van der Waals surface area (Å²) in [4.78, 5) is 4.39. The Morgan fingerprint density at radius 1 is 1.56 bits per heavy atom. The number of ether oxygens (including phenoxy) is 2. The lowest BCUT2D eigenvalue weighted by atomic mass is 9.86. The van der Waals surface area contributed by atoms with Crippen LogP contribution in [0.1, 0.15) is 37.9 Å². The molecule has 5 nitrogen and oxygen atoms in total. The highest BCUT2D eigenvalue weighted by Crippen LogP contribution is 2.38. The molecule has 2 rings (SSSR count). The van der Waals surface area contributed by atoms with Crippen LogP contribution in [0.2, 0.25) is 0 Å². The number of rotatable bonds is 4. The lowest BCUT2D eigenvalue weighted by molar-refractivity contribution is -0.0910. The van der Waals surface area contributed by atoms with Crippen LogP contribution < -0.4 is 16.0 Å². The van der Waals surface area contributed by atoms with Crippen molar-refractivity contribution in [1.82, 2.24) is 10.4 Å². The number of hydrogen-bond donors (Lipinski definition) is 2. The van der Waals surface area contributed by atoms with Crippen LogP contribution in [-0.4, -0.2) is 24.3 Å². The zero-order valence-corrected chi connectivity index (χ0v) is 11.0. The van der Waals surface area contributed by atoms with Gasteiger partial charge < -0.3 is 9.47 Å². The maximum Gasteiger partial charge on any atom is 0.142 e. The van der Waals surface area contributed by atoms with Crippen molar-refractivity contribution < 1.29 is 9.47 Å². The molecule has 100 valence electrons. The van der Waals surface area contributed by atoms with E-state index in [1.54, 1.807) is 13.3 Å². The molecule has 0 radical (unpaired) electrons. The molecule has 1 aliphatic rings. The third-order valence-corrected chi connectivity index (χ3v) is 3.57. The summed E-state index contributed by atoms with van der Waals surface area (Å²) >= 11 is 0. The first-order valence-corrected chi connectivity index (χ1v) is 6.30. The van der Waals surface area contributed by atoms with Crippen molar-refractivity contribution >= 4 is 0 Å². The smallest absolute Gasteiger partial charge is 0.142 e. The van der Waals surface area contributed by atoms with Crippen molar-refractivity contribution in [3.05, 3.63) is 24.0 Å². The van der Waals surface area contributed by atoms with E-state index in [1.165, 1.54) is 0 Å². The van der Waals surface area contributed by atoms with Crippen molar-refractivity contribution in [2.24, 2.45) is 5.84 Å². The number of nitrogens with one attached hydrogen (secondary N) is 1. The Hall–Kier alpha value is -1.17. The molecule has 0 amide bonds. The number of methoxy groups -OCH3 is 1. The Bertz CT molecular complexity index is 392. The first-order valence-electron chi connectivity index (χ1n) is 6.30. The molecule has 0 bridgehead atoms.